The van der Waals surface area contributed by atoms with Crippen molar-refractivity contribution in [2.24, 2.45) is 0 Å². The smallest absolute Gasteiger partial charge is 0.145 e. The summed E-state index contributed by atoms with van der Waals surface area (Å²) in [6.45, 7) is 9.70. The van der Waals surface area contributed by atoms with Gasteiger partial charge in [0.1, 0.15) is 17.1 Å². The lowest BCUT2D eigenvalue weighted by Crippen LogP contribution is -2.17. The minimum absolute atomic E-state index is 0.0276. The van der Waals surface area contributed by atoms with Gasteiger partial charge in [-0.2, -0.15) is 0 Å². The average molecular weight is 351 g/mol. The summed E-state index contributed by atoms with van der Waals surface area (Å²) in [6.07, 6.45) is 1.07. The van der Waals surface area contributed by atoms with Crippen LogP contribution in [0.25, 0.3) is 10.9 Å². The summed E-state index contributed by atoms with van der Waals surface area (Å²) >= 11 is 3.62. The van der Waals surface area contributed by atoms with Gasteiger partial charge in [-0.15, -0.1) is 0 Å². The van der Waals surface area contributed by atoms with Gasteiger partial charge < -0.3 is 10.1 Å². The maximum atomic E-state index is 5.46. The third-order valence-electron chi connectivity index (χ3n) is 3.46. The molecule has 4 heteroatoms. The van der Waals surface area contributed by atoms with Gasteiger partial charge in [0.2, 0.25) is 0 Å². The van der Waals surface area contributed by atoms with E-state index >= 15 is 0 Å². The van der Waals surface area contributed by atoms with Crippen molar-refractivity contribution in [3.05, 3.63) is 28.2 Å². The number of pyridine rings is 1. The summed E-state index contributed by atoms with van der Waals surface area (Å²) in [5.74, 6) is 1.75. The molecule has 2 aromatic rings. The molecule has 114 valence electrons. The molecule has 1 aromatic carbocycles. The number of aromatic nitrogens is 1. The first-order valence-corrected chi connectivity index (χ1v) is 8.09. The number of nitrogens with one attached hydrogen (secondary N) is 1. The lowest BCUT2D eigenvalue weighted by molar-refractivity contribution is 0.419. The summed E-state index contributed by atoms with van der Waals surface area (Å²) in [7, 11) is 1.68. The van der Waals surface area contributed by atoms with Gasteiger partial charge in [-0.1, -0.05) is 43.6 Å². The van der Waals surface area contributed by atoms with Crippen LogP contribution in [0.15, 0.2) is 22.7 Å². The molecule has 21 heavy (non-hydrogen) atoms. The molecule has 1 aromatic heterocycles. The van der Waals surface area contributed by atoms with Gasteiger partial charge in [0.25, 0.3) is 0 Å². The van der Waals surface area contributed by atoms with Crippen molar-refractivity contribution >= 4 is 32.7 Å². The van der Waals surface area contributed by atoms with Crippen LogP contribution in [0.5, 0.6) is 5.75 Å². The zero-order valence-corrected chi connectivity index (χ0v) is 15.0. The van der Waals surface area contributed by atoms with Crippen molar-refractivity contribution in [2.45, 2.75) is 39.5 Å². The molecule has 0 spiro atoms. The molecule has 0 aliphatic carbocycles. The molecule has 0 unspecified atom stereocenters. The Balaban J connectivity index is 2.73. The first-order valence-electron chi connectivity index (χ1n) is 7.30. The minimum Gasteiger partial charge on any atom is -0.494 e. The van der Waals surface area contributed by atoms with Crippen LogP contribution < -0.4 is 10.1 Å². The Morgan fingerprint density at radius 2 is 2.00 bits per heavy atom. The number of rotatable bonds is 4. The van der Waals surface area contributed by atoms with E-state index in [9.17, 15) is 0 Å². The van der Waals surface area contributed by atoms with E-state index in [2.05, 4.69) is 55.0 Å². The highest BCUT2D eigenvalue weighted by molar-refractivity contribution is 9.10. The van der Waals surface area contributed by atoms with E-state index in [0.717, 1.165) is 39.9 Å². The van der Waals surface area contributed by atoms with Crippen molar-refractivity contribution < 1.29 is 4.74 Å². The molecule has 2 rings (SSSR count). The topological polar surface area (TPSA) is 34.2 Å². The Bertz CT molecular complexity index is 647. The standard InChI is InChI=1S/C17H23BrN2O/c1-6-9-19-16-12(17(2,3)4)10-11-13(18)7-8-14(21-5)15(11)20-16/h7-8,10H,6,9H2,1-5H3,(H,19,20). The van der Waals surface area contributed by atoms with Gasteiger partial charge in [-0.3, -0.25) is 0 Å². The van der Waals surface area contributed by atoms with Gasteiger partial charge in [0, 0.05) is 22.0 Å². The molecule has 3 nitrogen and oxygen atoms in total. The number of nitrogens with zero attached hydrogens (tertiary/aromatic N) is 1. The Hall–Kier alpha value is -1.29. The molecule has 0 fully saturated rings. The number of halogens is 1. The fourth-order valence-corrected chi connectivity index (χ4v) is 2.75. The van der Waals surface area contributed by atoms with E-state index in [-0.39, 0.29) is 5.41 Å². The van der Waals surface area contributed by atoms with Gasteiger partial charge >= 0.3 is 0 Å². The predicted octanol–water partition coefficient (Wildman–Crippen LogP) is 5.13. The molecule has 0 amide bonds. The molecular weight excluding hydrogens is 328 g/mol. The van der Waals surface area contributed by atoms with E-state index < -0.39 is 0 Å². The van der Waals surface area contributed by atoms with Gasteiger partial charge in [0.05, 0.1) is 7.11 Å². The van der Waals surface area contributed by atoms with Crippen LogP contribution in [0.2, 0.25) is 0 Å². The first-order chi connectivity index (χ1) is 9.88. The van der Waals surface area contributed by atoms with Crippen LogP contribution in [0.1, 0.15) is 39.7 Å². The van der Waals surface area contributed by atoms with Crippen LogP contribution in [-0.4, -0.2) is 18.6 Å². The third-order valence-corrected chi connectivity index (χ3v) is 4.16. The molecule has 0 bridgehead atoms. The summed E-state index contributed by atoms with van der Waals surface area (Å²) in [4.78, 5) is 4.84. The van der Waals surface area contributed by atoms with E-state index in [1.165, 1.54) is 5.56 Å². The third kappa shape index (κ3) is 3.31. The number of ether oxygens (including phenoxy) is 1. The molecule has 0 aliphatic heterocycles. The van der Waals surface area contributed by atoms with Crippen molar-refractivity contribution in [1.29, 1.82) is 0 Å². The average Bonchev–Trinajstić information content (AvgIpc) is 2.43. The number of anilines is 1. The van der Waals surface area contributed by atoms with Crippen molar-refractivity contribution in [1.82, 2.24) is 4.98 Å². The zero-order valence-electron chi connectivity index (χ0n) is 13.4. The van der Waals surface area contributed by atoms with Crippen molar-refractivity contribution in [2.75, 3.05) is 19.0 Å². The Kier molecular flexibility index (Phi) is 4.77. The number of fused-ring (bicyclic) bond motifs is 1. The molecule has 1 N–H and O–H groups in total. The summed E-state index contributed by atoms with van der Waals surface area (Å²) in [5, 5.41) is 4.53. The van der Waals surface area contributed by atoms with Crippen molar-refractivity contribution in [3.63, 3.8) is 0 Å². The summed E-state index contributed by atoms with van der Waals surface area (Å²) in [5.41, 5.74) is 2.13. The van der Waals surface area contributed by atoms with E-state index in [1.807, 2.05) is 12.1 Å². The monoisotopic (exact) mass is 350 g/mol. The quantitative estimate of drug-likeness (QED) is 0.830. The number of benzene rings is 1. The number of hydrogen-bond donors (Lipinski definition) is 1. The SMILES string of the molecule is CCCNc1nc2c(OC)ccc(Br)c2cc1C(C)(C)C. The minimum atomic E-state index is 0.0276. The highest BCUT2D eigenvalue weighted by Gasteiger charge is 2.21. The maximum Gasteiger partial charge on any atom is 0.145 e. The lowest BCUT2D eigenvalue weighted by Gasteiger charge is -2.24. The summed E-state index contributed by atoms with van der Waals surface area (Å²) in [6, 6.07) is 6.17. The van der Waals surface area contributed by atoms with Crippen LogP contribution >= 0.6 is 15.9 Å². The number of hydrogen-bond acceptors (Lipinski definition) is 3. The second-order valence-electron chi connectivity index (χ2n) is 6.21. The fourth-order valence-electron chi connectivity index (χ4n) is 2.32. The Morgan fingerprint density at radius 3 is 2.57 bits per heavy atom. The molecule has 0 saturated carbocycles. The molecule has 0 atom stereocenters. The van der Waals surface area contributed by atoms with Crippen LogP contribution in [0.4, 0.5) is 5.82 Å². The normalized spacial score (nSPS) is 11.7. The molecule has 0 radical (unpaired) electrons. The zero-order chi connectivity index (χ0) is 15.6. The Morgan fingerprint density at radius 1 is 1.29 bits per heavy atom. The van der Waals surface area contributed by atoms with Crippen LogP contribution in [-0.2, 0) is 5.41 Å². The van der Waals surface area contributed by atoms with E-state index in [0.29, 0.717) is 0 Å². The van der Waals surface area contributed by atoms with Crippen LogP contribution in [0, 0.1) is 0 Å². The number of methoxy groups -OCH3 is 1. The fraction of sp³-hybridized carbons (Fsp3) is 0.471. The van der Waals surface area contributed by atoms with Crippen molar-refractivity contribution in [3.8, 4) is 5.75 Å². The van der Waals surface area contributed by atoms with Crippen LogP contribution in [0.3, 0.4) is 0 Å². The molecular formula is C17H23BrN2O. The first kappa shape index (κ1) is 16.1. The van der Waals surface area contributed by atoms with Gasteiger partial charge in [0.15, 0.2) is 0 Å². The lowest BCUT2D eigenvalue weighted by atomic mass is 9.86. The van der Waals surface area contributed by atoms with E-state index in [4.69, 9.17) is 9.72 Å². The maximum absolute atomic E-state index is 5.46. The highest BCUT2D eigenvalue weighted by Crippen LogP contribution is 2.37. The molecule has 0 saturated heterocycles. The molecule has 1 heterocycles. The molecule has 0 aliphatic rings. The highest BCUT2D eigenvalue weighted by atomic mass is 79.9. The van der Waals surface area contributed by atoms with Gasteiger partial charge in [-0.05, 0) is 30.0 Å². The Labute approximate surface area is 135 Å². The summed E-state index contributed by atoms with van der Waals surface area (Å²) < 4.78 is 6.50. The van der Waals surface area contributed by atoms with E-state index in [1.54, 1.807) is 7.11 Å². The predicted molar refractivity (Wildman–Crippen MR) is 93.5 cm³/mol. The second kappa shape index (κ2) is 6.22. The second-order valence-corrected chi connectivity index (χ2v) is 7.06. The largest absolute Gasteiger partial charge is 0.494 e. The van der Waals surface area contributed by atoms with Gasteiger partial charge in [-0.25, -0.2) is 4.98 Å².